The summed E-state index contributed by atoms with van der Waals surface area (Å²) in [4.78, 5) is 28.8. The van der Waals surface area contributed by atoms with Crippen molar-refractivity contribution in [3.8, 4) is 0 Å². The molecule has 0 aliphatic carbocycles. The van der Waals surface area contributed by atoms with Crippen LogP contribution in [0.3, 0.4) is 0 Å². The van der Waals surface area contributed by atoms with Gasteiger partial charge in [-0.05, 0) is 29.8 Å². The maximum Gasteiger partial charge on any atom is 0.289 e. The summed E-state index contributed by atoms with van der Waals surface area (Å²) < 4.78 is 12.9. The Morgan fingerprint density at radius 1 is 1.00 bits per heavy atom. The Morgan fingerprint density at radius 3 is 2.39 bits per heavy atom. The minimum atomic E-state index is -0.195. The summed E-state index contributed by atoms with van der Waals surface area (Å²) in [6.07, 6.45) is 1.30. The average molecular weight is 442 g/mol. The molecule has 160 valence electrons. The molecule has 0 spiro atoms. The molecule has 10 heteroatoms. The van der Waals surface area contributed by atoms with Crippen LogP contribution in [0, 0.1) is 0 Å². The topological polar surface area (TPSA) is 93.7 Å². The number of aromatic nitrogens is 3. The van der Waals surface area contributed by atoms with Crippen LogP contribution < -0.4 is 0 Å². The molecule has 1 aromatic carbocycles. The van der Waals surface area contributed by atoms with Crippen LogP contribution in [0.2, 0.25) is 5.02 Å². The Kier molecular flexibility index (Phi) is 5.21. The first-order chi connectivity index (χ1) is 15.1. The van der Waals surface area contributed by atoms with Crippen molar-refractivity contribution in [3.63, 3.8) is 0 Å². The lowest BCUT2D eigenvalue weighted by Crippen LogP contribution is -2.50. The fourth-order valence-electron chi connectivity index (χ4n) is 3.88. The van der Waals surface area contributed by atoms with Crippen molar-refractivity contribution in [2.24, 2.45) is 0 Å². The van der Waals surface area contributed by atoms with Crippen LogP contribution >= 0.6 is 11.6 Å². The lowest BCUT2D eigenvalue weighted by molar-refractivity contribution is -0.00202. The van der Waals surface area contributed by atoms with Gasteiger partial charge in [0.25, 0.3) is 11.8 Å². The summed E-state index contributed by atoms with van der Waals surface area (Å²) in [5.74, 6) is -0.0563. The van der Waals surface area contributed by atoms with Gasteiger partial charge >= 0.3 is 0 Å². The van der Waals surface area contributed by atoms with Crippen LogP contribution in [0.5, 0.6) is 0 Å². The van der Waals surface area contributed by atoms with Crippen molar-refractivity contribution in [2.75, 3.05) is 26.2 Å². The van der Waals surface area contributed by atoms with Gasteiger partial charge in [-0.3, -0.25) is 9.59 Å². The van der Waals surface area contributed by atoms with Crippen molar-refractivity contribution in [1.82, 2.24) is 24.8 Å². The van der Waals surface area contributed by atoms with E-state index in [1.807, 2.05) is 24.3 Å². The van der Waals surface area contributed by atoms with Crippen LogP contribution in [0.4, 0.5) is 0 Å². The summed E-state index contributed by atoms with van der Waals surface area (Å²) in [6, 6.07) is 10.8. The first kappa shape index (κ1) is 19.8. The summed E-state index contributed by atoms with van der Waals surface area (Å²) >= 11 is 5.96. The monoisotopic (exact) mass is 441 g/mol. The zero-order valence-electron chi connectivity index (χ0n) is 16.6. The van der Waals surface area contributed by atoms with E-state index in [1.165, 1.54) is 6.26 Å². The van der Waals surface area contributed by atoms with E-state index in [-0.39, 0.29) is 24.5 Å². The van der Waals surface area contributed by atoms with Crippen molar-refractivity contribution in [2.45, 2.75) is 19.3 Å². The number of nitrogens with zero attached hydrogens (tertiary/aromatic N) is 5. The van der Waals surface area contributed by atoms with E-state index < -0.39 is 0 Å². The molecule has 1 atom stereocenters. The quantitative estimate of drug-likeness (QED) is 0.619. The van der Waals surface area contributed by atoms with Crippen LogP contribution in [0.25, 0.3) is 0 Å². The zero-order chi connectivity index (χ0) is 21.4. The van der Waals surface area contributed by atoms with E-state index in [9.17, 15) is 9.59 Å². The van der Waals surface area contributed by atoms with E-state index in [1.54, 1.807) is 26.6 Å². The Bertz CT molecular complexity index is 1090. The molecule has 2 aromatic heterocycles. The molecule has 2 amide bonds. The lowest BCUT2D eigenvalue weighted by Gasteiger charge is -2.34. The SMILES string of the molecule is O=C(c1ccco1)N1CCN(C(=O)c2nnn3c2CO[C@H](c2ccc(Cl)cc2)C3)CC1. The first-order valence-corrected chi connectivity index (χ1v) is 10.4. The molecule has 0 bridgehead atoms. The Hall–Kier alpha value is -3.17. The van der Waals surface area contributed by atoms with Crippen molar-refractivity contribution >= 4 is 23.4 Å². The minimum Gasteiger partial charge on any atom is -0.459 e. The fourth-order valence-corrected chi connectivity index (χ4v) is 4.00. The van der Waals surface area contributed by atoms with Gasteiger partial charge in [-0.2, -0.15) is 0 Å². The van der Waals surface area contributed by atoms with Gasteiger partial charge in [-0.1, -0.05) is 28.9 Å². The summed E-state index contributed by atoms with van der Waals surface area (Å²) in [5.41, 5.74) is 1.97. The summed E-state index contributed by atoms with van der Waals surface area (Å²) in [5, 5.41) is 8.98. The van der Waals surface area contributed by atoms with Crippen LogP contribution in [0.15, 0.2) is 47.1 Å². The van der Waals surface area contributed by atoms with Crippen molar-refractivity contribution < 1.29 is 18.7 Å². The van der Waals surface area contributed by atoms with E-state index in [2.05, 4.69) is 10.3 Å². The molecule has 0 N–H and O–H groups in total. The van der Waals surface area contributed by atoms with Crippen molar-refractivity contribution in [1.29, 1.82) is 0 Å². The molecule has 0 unspecified atom stereocenters. The predicted molar refractivity (Wildman–Crippen MR) is 110 cm³/mol. The third-order valence-corrected chi connectivity index (χ3v) is 5.88. The molecule has 1 fully saturated rings. The number of hydrogen-bond donors (Lipinski definition) is 0. The molecule has 2 aliphatic heterocycles. The van der Waals surface area contributed by atoms with E-state index in [0.717, 1.165) is 5.56 Å². The highest BCUT2D eigenvalue weighted by Gasteiger charge is 2.32. The molecule has 3 aromatic rings. The van der Waals surface area contributed by atoms with E-state index in [4.69, 9.17) is 20.8 Å². The van der Waals surface area contributed by atoms with Gasteiger partial charge < -0.3 is 19.0 Å². The highest BCUT2D eigenvalue weighted by Crippen LogP contribution is 2.28. The number of carbonyl (C=O) groups is 2. The summed E-state index contributed by atoms with van der Waals surface area (Å²) in [6.45, 7) is 2.44. The second-order valence-electron chi connectivity index (χ2n) is 7.48. The van der Waals surface area contributed by atoms with Gasteiger partial charge in [-0.25, -0.2) is 4.68 Å². The number of carbonyl (C=O) groups excluding carboxylic acids is 2. The molecule has 0 radical (unpaired) electrons. The smallest absolute Gasteiger partial charge is 0.289 e. The fraction of sp³-hybridized carbons (Fsp3) is 0.333. The Morgan fingerprint density at radius 2 is 1.71 bits per heavy atom. The second-order valence-corrected chi connectivity index (χ2v) is 7.92. The molecular weight excluding hydrogens is 422 g/mol. The standard InChI is InChI=1S/C21H20ClN5O4/c22-15-5-3-14(4-6-15)18-12-27-16(13-31-18)19(23-24-27)21(29)26-9-7-25(8-10-26)20(28)17-2-1-11-30-17/h1-6,11,18H,7-10,12-13H2/t18-/m0/s1. The van der Waals surface area contributed by atoms with Gasteiger partial charge in [0.2, 0.25) is 0 Å². The number of piperazine rings is 1. The molecule has 31 heavy (non-hydrogen) atoms. The summed E-state index contributed by atoms with van der Waals surface area (Å²) in [7, 11) is 0. The normalized spacial score (nSPS) is 18.7. The number of rotatable bonds is 3. The van der Waals surface area contributed by atoms with Crippen LogP contribution in [-0.2, 0) is 17.9 Å². The average Bonchev–Trinajstić information content (AvgIpc) is 3.49. The predicted octanol–water partition coefficient (Wildman–Crippen LogP) is 2.39. The number of benzene rings is 1. The molecular formula is C21H20ClN5O4. The number of amides is 2. The third kappa shape index (κ3) is 3.82. The van der Waals surface area contributed by atoms with Crippen molar-refractivity contribution in [3.05, 3.63) is 70.4 Å². The zero-order valence-corrected chi connectivity index (χ0v) is 17.4. The maximum atomic E-state index is 13.0. The number of hydrogen-bond acceptors (Lipinski definition) is 6. The van der Waals surface area contributed by atoms with E-state index in [0.29, 0.717) is 54.9 Å². The molecule has 2 aliphatic rings. The number of ether oxygens (including phenoxy) is 1. The van der Waals surface area contributed by atoms with Gasteiger partial charge in [0.1, 0.15) is 6.10 Å². The number of furan rings is 1. The molecule has 4 heterocycles. The van der Waals surface area contributed by atoms with Crippen LogP contribution in [0.1, 0.15) is 38.4 Å². The maximum absolute atomic E-state index is 13.0. The van der Waals surface area contributed by atoms with Gasteiger partial charge in [0, 0.05) is 31.2 Å². The molecule has 5 rings (SSSR count). The van der Waals surface area contributed by atoms with E-state index >= 15 is 0 Å². The molecule has 9 nitrogen and oxygen atoms in total. The Labute approximate surface area is 183 Å². The highest BCUT2D eigenvalue weighted by atomic mass is 35.5. The lowest BCUT2D eigenvalue weighted by atomic mass is 10.1. The highest BCUT2D eigenvalue weighted by molar-refractivity contribution is 6.30. The Balaban J connectivity index is 1.24. The number of halogens is 1. The van der Waals surface area contributed by atoms with Gasteiger partial charge in [-0.15, -0.1) is 5.10 Å². The number of fused-ring (bicyclic) bond motifs is 1. The van der Waals surface area contributed by atoms with Crippen LogP contribution in [-0.4, -0.2) is 62.8 Å². The second kappa shape index (κ2) is 8.16. The van der Waals surface area contributed by atoms with Gasteiger partial charge in [0.05, 0.1) is 25.1 Å². The third-order valence-electron chi connectivity index (χ3n) is 5.63. The molecule has 0 saturated carbocycles. The minimum absolute atomic E-state index is 0.167. The first-order valence-electron chi connectivity index (χ1n) is 10.0. The largest absolute Gasteiger partial charge is 0.459 e. The molecule has 1 saturated heterocycles. The van der Waals surface area contributed by atoms with Gasteiger partial charge in [0.15, 0.2) is 11.5 Å².